The number of nitrogens with zero attached hydrogens (tertiary/aromatic N) is 3. The van der Waals surface area contributed by atoms with Gasteiger partial charge in [-0.05, 0) is 54.0 Å². The van der Waals surface area contributed by atoms with E-state index in [0.29, 0.717) is 25.4 Å². The molecular weight excluding hydrogens is 422 g/mol. The van der Waals surface area contributed by atoms with Crippen molar-refractivity contribution in [2.45, 2.75) is 57.5 Å². The Hall–Kier alpha value is -2.37. The number of amides is 1. The van der Waals surface area contributed by atoms with E-state index in [1.807, 2.05) is 14.1 Å². The predicted molar refractivity (Wildman–Crippen MR) is 139 cm³/mol. The Morgan fingerprint density at radius 2 is 1.74 bits per heavy atom. The van der Waals surface area contributed by atoms with E-state index in [9.17, 15) is 9.90 Å². The molecule has 1 unspecified atom stereocenters. The number of aliphatic hydroxyl groups is 1. The molecule has 1 saturated carbocycles. The Morgan fingerprint density at radius 3 is 2.44 bits per heavy atom. The molecule has 5 nitrogen and oxygen atoms in total. The van der Waals surface area contributed by atoms with Crippen molar-refractivity contribution >= 4 is 11.6 Å². The molecule has 1 amide bonds. The van der Waals surface area contributed by atoms with Crippen LogP contribution in [0.3, 0.4) is 0 Å². The lowest BCUT2D eigenvalue weighted by Gasteiger charge is -2.43. The number of benzene rings is 2. The molecule has 0 bridgehead atoms. The van der Waals surface area contributed by atoms with E-state index >= 15 is 0 Å². The van der Waals surface area contributed by atoms with Crippen molar-refractivity contribution in [3.8, 4) is 0 Å². The maximum atomic E-state index is 13.6. The first kappa shape index (κ1) is 24.7. The van der Waals surface area contributed by atoms with E-state index in [4.69, 9.17) is 0 Å². The quantitative estimate of drug-likeness (QED) is 0.588. The second-order valence-corrected chi connectivity index (χ2v) is 10.2. The molecule has 1 aliphatic carbocycles. The fourth-order valence-corrected chi connectivity index (χ4v) is 5.80. The summed E-state index contributed by atoms with van der Waals surface area (Å²) in [6.45, 7) is 2.92. The maximum Gasteiger partial charge on any atom is 0.224 e. The zero-order valence-electron chi connectivity index (χ0n) is 21.0. The van der Waals surface area contributed by atoms with E-state index < -0.39 is 0 Å². The molecule has 2 aromatic rings. The molecule has 2 aromatic carbocycles. The van der Waals surface area contributed by atoms with Crippen molar-refractivity contribution in [1.29, 1.82) is 0 Å². The van der Waals surface area contributed by atoms with Crippen LogP contribution < -0.4 is 4.90 Å². The van der Waals surface area contributed by atoms with Gasteiger partial charge in [0, 0.05) is 52.4 Å². The standard InChI is InChI=1S/C29H41N3O2/c1-30(2)26-14-12-23(13-15-26)22-31(20-21-33)18-17-28(34)32-19-16-24-8-6-7-11-27(24)29(32)25-9-4-3-5-10-25/h6-8,11-15,25,29,33H,3-5,9-10,16-22H2,1-2H3. The molecule has 0 saturated heterocycles. The smallest absolute Gasteiger partial charge is 0.224 e. The van der Waals surface area contributed by atoms with Crippen LogP contribution in [0.2, 0.25) is 0 Å². The van der Waals surface area contributed by atoms with E-state index in [-0.39, 0.29) is 18.6 Å². The van der Waals surface area contributed by atoms with Gasteiger partial charge >= 0.3 is 0 Å². The summed E-state index contributed by atoms with van der Waals surface area (Å²) in [5.41, 5.74) is 5.18. The summed E-state index contributed by atoms with van der Waals surface area (Å²) in [7, 11) is 4.08. The Morgan fingerprint density at radius 1 is 1.00 bits per heavy atom. The van der Waals surface area contributed by atoms with Crippen LogP contribution in [0.4, 0.5) is 5.69 Å². The highest BCUT2D eigenvalue weighted by Gasteiger charge is 2.36. The predicted octanol–water partition coefficient (Wildman–Crippen LogP) is 4.64. The summed E-state index contributed by atoms with van der Waals surface area (Å²) >= 11 is 0. The normalized spacial score (nSPS) is 18.7. The number of hydrogen-bond donors (Lipinski definition) is 1. The molecule has 184 valence electrons. The highest BCUT2D eigenvalue weighted by Crippen LogP contribution is 2.42. The van der Waals surface area contributed by atoms with Crippen molar-refractivity contribution in [3.63, 3.8) is 0 Å². The monoisotopic (exact) mass is 463 g/mol. The number of fused-ring (bicyclic) bond motifs is 1. The van der Waals surface area contributed by atoms with Crippen LogP contribution in [0.5, 0.6) is 0 Å². The van der Waals surface area contributed by atoms with Crippen LogP contribution in [0, 0.1) is 5.92 Å². The van der Waals surface area contributed by atoms with Gasteiger partial charge in [-0.25, -0.2) is 0 Å². The molecule has 0 aromatic heterocycles. The van der Waals surface area contributed by atoms with Gasteiger partial charge in [0.05, 0.1) is 12.6 Å². The van der Waals surface area contributed by atoms with Crippen molar-refractivity contribution < 1.29 is 9.90 Å². The molecule has 1 atom stereocenters. The minimum atomic E-state index is 0.103. The number of anilines is 1. The lowest BCUT2D eigenvalue weighted by atomic mass is 9.77. The second kappa shape index (κ2) is 11.9. The van der Waals surface area contributed by atoms with Gasteiger partial charge in [-0.3, -0.25) is 9.69 Å². The van der Waals surface area contributed by atoms with Crippen LogP contribution in [0.15, 0.2) is 48.5 Å². The first-order valence-electron chi connectivity index (χ1n) is 13.0. The average Bonchev–Trinajstić information content (AvgIpc) is 2.87. The first-order chi connectivity index (χ1) is 16.6. The van der Waals surface area contributed by atoms with Gasteiger partial charge in [0.15, 0.2) is 0 Å². The molecule has 1 N–H and O–H groups in total. The summed E-state index contributed by atoms with van der Waals surface area (Å²) in [6, 6.07) is 17.5. The Kier molecular flexibility index (Phi) is 8.63. The summed E-state index contributed by atoms with van der Waals surface area (Å²) in [6.07, 6.45) is 7.78. The van der Waals surface area contributed by atoms with Crippen molar-refractivity contribution in [3.05, 3.63) is 65.2 Å². The van der Waals surface area contributed by atoms with Crippen molar-refractivity contribution in [2.24, 2.45) is 5.92 Å². The molecular formula is C29H41N3O2. The number of hydrogen-bond acceptors (Lipinski definition) is 4. The molecule has 1 fully saturated rings. The zero-order chi connectivity index (χ0) is 23.9. The molecule has 4 rings (SSSR count). The van der Waals surface area contributed by atoms with Crippen LogP contribution >= 0.6 is 0 Å². The van der Waals surface area contributed by atoms with Gasteiger partial charge in [-0.1, -0.05) is 55.7 Å². The molecule has 0 radical (unpaired) electrons. The van der Waals surface area contributed by atoms with Gasteiger partial charge < -0.3 is 14.9 Å². The van der Waals surface area contributed by atoms with Crippen LogP contribution in [0.25, 0.3) is 0 Å². The molecule has 2 aliphatic rings. The van der Waals surface area contributed by atoms with Gasteiger partial charge in [0.25, 0.3) is 0 Å². The minimum absolute atomic E-state index is 0.103. The zero-order valence-corrected chi connectivity index (χ0v) is 21.0. The lowest BCUT2D eigenvalue weighted by Crippen LogP contribution is -2.44. The van der Waals surface area contributed by atoms with Crippen LogP contribution in [-0.2, 0) is 17.8 Å². The van der Waals surface area contributed by atoms with Gasteiger partial charge in [-0.2, -0.15) is 0 Å². The lowest BCUT2D eigenvalue weighted by molar-refractivity contribution is -0.136. The first-order valence-corrected chi connectivity index (χ1v) is 13.0. The highest BCUT2D eigenvalue weighted by molar-refractivity contribution is 5.77. The van der Waals surface area contributed by atoms with Crippen molar-refractivity contribution in [1.82, 2.24) is 9.80 Å². The summed E-state index contributed by atoms with van der Waals surface area (Å²) < 4.78 is 0. The number of carbonyl (C=O) groups excluding carboxylic acids is 1. The number of rotatable bonds is 9. The SMILES string of the molecule is CN(C)c1ccc(CN(CCO)CCC(=O)N2CCc3ccccc3C2C2CCCCC2)cc1. The van der Waals surface area contributed by atoms with Gasteiger partial charge in [-0.15, -0.1) is 0 Å². The summed E-state index contributed by atoms with van der Waals surface area (Å²) in [5, 5.41) is 9.62. The van der Waals surface area contributed by atoms with E-state index in [1.54, 1.807) is 0 Å². The molecule has 1 heterocycles. The second-order valence-electron chi connectivity index (χ2n) is 10.2. The van der Waals surface area contributed by atoms with Crippen LogP contribution in [0.1, 0.15) is 61.3 Å². The van der Waals surface area contributed by atoms with Gasteiger partial charge in [0.1, 0.15) is 0 Å². The topological polar surface area (TPSA) is 47.0 Å². The third-order valence-electron chi connectivity index (χ3n) is 7.67. The van der Waals surface area contributed by atoms with Crippen LogP contribution in [-0.4, -0.2) is 61.2 Å². The number of aliphatic hydroxyl groups excluding tert-OH is 1. The largest absolute Gasteiger partial charge is 0.395 e. The van der Waals surface area contributed by atoms with E-state index in [0.717, 1.165) is 19.5 Å². The average molecular weight is 464 g/mol. The van der Waals surface area contributed by atoms with E-state index in [1.165, 1.54) is 54.5 Å². The van der Waals surface area contributed by atoms with E-state index in [2.05, 4.69) is 63.2 Å². The number of carbonyl (C=O) groups is 1. The van der Waals surface area contributed by atoms with Gasteiger partial charge in [0.2, 0.25) is 5.91 Å². The molecule has 34 heavy (non-hydrogen) atoms. The third-order valence-corrected chi connectivity index (χ3v) is 7.67. The summed E-state index contributed by atoms with van der Waals surface area (Å²) in [5.74, 6) is 0.832. The third kappa shape index (κ3) is 6.00. The molecule has 5 heteroatoms. The Labute approximate surface area is 205 Å². The maximum absolute atomic E-state index is 13.6. The Bertz CT molecular complexity index is 921. The molecule has 0 spiro atoms. The minimum Gasteiger partial charge on any atom is -0.395 e. The highest BCUT2D eigenvalue weighted by atomic mass is 16.3. The van der Waals surface area contributed by atoms with Crippen molar-refractivity contribution in [2.75, 3.05) is 45.2 Å². The molecule has 1 aliphatic heterocycles. The fraction of sp³-hybridized carbons (Fsp3) is 0.552. The fourth-order valence-electron chi connectivity index (χ4n) is 5.80. The summed E-state index contributed by atoms with van der Waals surface area (Å²) in [4.78, 5) is 20.1. The Balaban J connectivity index is 1.43.